The van der Waals surface area contributed by atoms with Crippen molar-refractivity contribution < 1.29 is 19.1 Å². The first-order valence-electron chi connectivity index (χ1n) is 12.1. The second-order valence-corrected chi connectivity index (χ2v) is 12.6. The molecule has 3 atom stereocenters. The topological polar surface area (TPSA) is 109 Å². The molecule has 2 aliphatic rings. The Labute approximate surface area is 249 Å². The number of imide groups is 1. The van der Waals surface area contributed by atoms with E-state index in [0.29, 0.717) is 42.1 Å². The molecule has 12 heteroatoms. The quantitative estimate of drug-likeness (QED) is 0.259. The molecule has 0 aliphatic carbocycles. The van der Waals surface area contributed by atoms with Crippen LogP contribution in [0.2, 0.25) is 5.02 Å². The van der Waals surface area contributed by atoms with Gasteiger partial charge in [-0.1, -0.05) is 68.8 Å². The predicted octanol–water partition coefficient (Wildman–Crippen LogP) is 5.67. The smallest absolute Gasteiger partial charge is 0.305 e. The van der Waals surface area contributed by atoms with Gasteiger partial charge in [0.2, 0.25) is 11.8 Å². The minimum atomic E-state index is -0.804. The number of H-pyrrole nitrogens is 1. The van der Waals surface area contributed by atoms with Crippen LogP contribution in [0.25, 0.3) is 0 Å². The maximum atomic E-state index is 14.0. The third-order valence-corrected chi connectivity index (χ3v) is 9.78. The van der Waals surface area contributed by atoms with Crippen LogP contribution in [0.1, 0.15) is 16.4 Å². The molecule has 2 aliphatic heterocycles. The Hall–Kier alpha value is -3.38. The van der Waals surface area contributed by atoms with Crippen molar-refractivity contribution in [3.63, 3.8) is 0 Å². The first-order chi connectivity index (χ1) is 19.3. The second kappa shape index (κ2) is 10.9. The maximum Gasteiger partial charge on any atom is 0.305 e. The number of hydrogen-bond donors (Lipinski definition) is 2. The van der Waals surface area contributed by atoms with Gasteiger partial charge in [0.1, 0.15) is 11.0 Å². The summed E-state index contributed by atoms with van der Waals surface area (Å²) in [5.74, 6) is -2.20. The zero-order valence-electron chi connectivity index (χ0n) is 20.4. The highest BCUT2D eigenvalue weighted by Crippen LogP contribution is 2.54. The molecule has 40 heavy (non-hydrogen) atoms. The lowest BCUT2D eigenvalue weighted by molar-refractivity contribution is -0.122. The molecule has 3 amide bonds. The molecule has 202 valence electrons. The van der Waals surface area contributed by atoms with Crippen LogP contribution >= 0.6 is 50.6 Å². The molecular weight excluding hydrogens is 638 g/mol. The Morgan fingerprint density at radius 1 is 1.02 bits per heavy atom. The van der Waals surface area contributed by atoms with Crippen LogP contribution in [0.3, 0.4) is 0 Å². The van der Waals surface area contributed by atoms with Crippen molar-refractivity contribution in [1.82, 2.24) is 4.98 Å². The molecule has 8 nitrogen and oxygen atoms in total. The number of ether oxygens (including phenoxy) is 1. The number of halogens is 2. The first kappa shape index (κ1) is 26.8. The van der Waals surface area contributed by atoms with E-state index in [9.17, 15) is 19.2 Å². The maximum absolute atomic E-state index is 14.0. The van der Waals surface area contributed by atoms with Gasteiger partial charge in [0.25, 0.3) is 5.91 Å². The summed E-state index contributed by atoms with van der Waals surface area (Å²) in [6, 6.07) is 20.8. The van der Waals surface area contributed by atoms with Gasteiger partial charge >= 0.3 is 4.87 Å². The van der Waals surface area contributed by atoms with Crippen LogP contribution in [0, 0.1) is 5.92 Å². The molecule has 3 heterocycles. The number of benzene rings is 3. The van der Waals surface area contributed by atoms with Crippen molar-refractivity contribution in [3.8, 4) is 5.75 Å². The number of aromatic amines is 1. The van der Waals surface area contributed by atoms with Gasteiger partial charge in [-0.05, 0) is 54.6 Å². The fourth-order valence-corrected chi connectivity index (χ4v) is 7.96. The Balaban J connectivity index is 1.37. The summed E-state index contributed by atoms with van der Waals surface area (Å²) in [6.45, 7) is -0.279. The van der Waals surface area contributed by atoms with Crippen LogP contribution in [-0.4, -0.2) is 34.6 Å². The van der Waals surface area contributed by atoms with Crippen molar-refractivity contribution in [3.05, 3.63) is 102 Å². The van der Waals surface area contributed by atoms with E-state index in [1.807, 2.05) is 18.2 Å². The van der Waals surface area contributed by atoms with Gasteiger partial charge in [0, 0.05) is 31.5 Å². The summed E-state index contributed by atoms with van der Waals surface area (Å²) in [6.07, 6.45) is 0. The van der Waals surface area contributed by atoms with E-state index in [-0.39, 0.29) is 29.2 Å². The number of hydrogen-bond acceptors (Lipinski definition) is 7. The van der Waals surface area contributed by atoms with Gasteiger partial charge in [-0.15, -0.1) is 0 Å². The van der Waals surface area contributed by atoms with Gasteiger partial charge in [-0.3, -0.25) is 19.2 Å². The number of fused-ring (bicyclic) bond motifs is 2. The molecule has 3 aromatic carbocycles. The number of carbonyl (C=O) groups excluding carboxylic acids is 3. The van der Waals surface area contributed by atoms with Gasteiger partial charge in [0.15, 0.2) is 6.61 Å². The number of amides is 3. The summed E-state index contributed by atoms with van der Waals surface area (Å²) >= 11 is 11.7. The lowest BCUT2D eigenvalue weighted by atomic mass is 9.82. The second-order valence-electron chi connectivity index (χ2n) is 9.12. The highest BCUT2D eigenvalue weighted by molar-refractivity contribution is 9.10. The van der Waals surface area contributed by atoms with Gasteiger partial charge in [-0.25, -0.2) is 4.90 Å². The fraction of sp³-hybridized carbons (Fsp3) is 0.143. The number of rotatable bonds is 6. The average Bonchev–Trinajstić information content (AvgIpc) is 3.43. The Morgan fingerprint density at radius 3 is 2.52 bits per heavy atom. The van der Waals surface area contributed by atoms with Crippen molar-refractivity contribution in [2.24, 2.45) is 5.92 Å². The standard InChI is InChI=1S/C28H19BrClN3O5S2/c29-14-6-11-19(38-13-20(34)31-16-4-2-1-3-5-16)18(12-14)21-22-24(39-25-23(21)40-28(37)32-25)27(36)33(26(22)35)17-9-7-15(30)8-10-17/h1-12,21-22,24H,13H2,(H,31,34)(H,32,37)/t21-,22?,24?/m1/s1. The molecule has 1 fully saturated rings. The molecule has 2 unspecified atom stereocenters. The molecule has 6 rings (SSSR count). The van der Waals surface area contributed by atoms with E-state index in [1.54, 1.807) is 54.6 Å². The molecule has 0 bridgehead atoms. The summed E-state index contributed by atoms with van der Waals surface area (Å²) in [4.78, 5) is 57.1. The number of nitrogens with one attached hydrogen (secondary N) is 2. The number of thioether (sulfide) groups is 1. The molecule has 1 aromatic heterocycles. The number of nitrogens with zero attached hydrogens (tertiary/aromatic N) is 1. The SMILES string of the molecule is O=C(COc1ccc(Br)cc1[C@H]1c2sc(=O)[nH]c2SC2C(=O)N(c3ccc(Cl)cc3)C(=O)C21)Nc1ccccc1. The third-order valence-electron chi connectivity index (χ3n) is 6.63. The first-order valence-corrected chi connectivity index (χ1v) is 15.0. The summed E-state index contributed by atoms with van der Waals surface area (Å²) in [5, 5.41) is 3.05. The Bertz CT molecular complexity index is 1690. The molecule has 2 N–H and O–H groups in total. The number of para-hydroxylation sites is 1. The van der Waals surface area contributed by atoms with Crippen LogP contribution in [0.15, 0.2) is 87.1 Å². The lowest BCUT2D eigenvalue weighted by Crippen LogP contribution is -2.32. The normalized spacial score (nSPS) is 19.8. The molecule has 0 spiro atoms. The van der Waals surface area contributed by atoms with Crippen LogP contribution in [0.4, 0.5) is 11.4 Å². The third kappa shape index (κ3) is 4.98. The predicted molar refractivity (Wildman–Crippen MR) is 159 cm³/mol. The van der Waals surface area contributed by atoms with Gasteiger partial charge < -0.3 is 15.0 Å². The van der Waals surface area contributed by atoms with E-state index in [4.69, 9.17) is 16.3 Å². The molecule has 0 saturated carbocycles. The molecule has 1 saturated heterocycles. The van der Waals surface area contributed by atoms with Crippen molar-refractivity contribution in [2.45, 2.75) is 16.2 Å². The van der Waals surface area contributed by atoms with Crippen LogP contribution in [0.5, 0.6) is 5.75 Å². The molecule has 0 radical (unpaired) electrons. The number of thiazole rings is 1. The van der Waals surface area contributed by atoms with Crippen molar-refractivity contribution in [2.75, 3.05) is 16.8 Å². The van der Waals surface area contributed by atoms with Crippen LogP contribution < -0.4 is 19.8 Å². The average molecular weight is 657 g/mol. The van der Waals surface area contributed by atoms with E-state index in [1.165, 1.54) is 16.7 Å². The van der Waals surface area contributed by atoms with Gasteiger partial charge in [0.05, 0.1) is 16.6 Å². The van der Waals surface area contributed by atoms with Crippen LogP contribution in [-0.2, 0) is 14.4 Å². The van der Waals surface area contributed by atoms with Crippen molar-refractivity contribution in [1.29, 1.82) is 0 Å². The number of anilines is 2. The summed E-state index contributed by atoms with van der Waals surface area (Å²) in [5.41, 5.74) is 1.65. The lowest BCUT2D eigenvalue weighted by Gasteiger charge is -2.31. The number of carbonyl (C=O) groups is 3. The summed E-state index contributed by atoms with van der Waals surface area (Å²) < 4.78 is 6.71. The zero-order chi connectivity index (χ0) is 28.0. The Kier molecular flexibility index (Phi) is 7.30. The van der Waals surface area contributed by atoms with E-state index in [0.717, 1.165) is 11.3 Å². The Morgan fingerprint density at radius 2 is 1.77 bits per heavy atom. The molecular formula is C28H19BrClN3O5S2. The highest BCUT2D eigenvalue weighted by atomic mass is 79.9. The van der Waals surface area contributed by atoms with E-state index >= 15 is 0 Å². The fourth-order valence-electron chi connectivity index (χ4n) is 4.95. The largest absolute Gasteiger partial charge is 0.483 e. The summed E-state index contributed by atoms with van der Waals surface area (Å²) in [7, 11) is 0. The zero-order valence-corrected chi connectivity index (χ0v) is 24.4. The minimum Gasteiger partial charge on any atom is -0.483 e. The monoisotopic (exact) mass is 655 g/mol. The van der Waals surface area contributed by atoms with E-state index < -0.39 is 17.1 Å². The van der Waals surface area contributed by atoms with E-state index in [2.05, 4.69) is 26.2 Å². The van der Waals surface area contributed by atoms with Gasteiger partial charge in [-0.2, -0.15) is 0 Å². The number of aromatic nitrogens is 1. The minimum absolute atomic E-state index is 0.279. The molecule has 4 aromatic rings. The van der Waals surface area contributed by atoms with Crippen molar-refractivity contribution >= 4 is 79.7 Å². The highest BCUT2D eigenvalue weighted by Gasteiger charge is 2.56.